The Morgan fingerprint density at radius 1 is 1.38 bits per heavy atom. The number of nitrogens with one attached hydrogen (secondary N) is 2. The third-order valence-corrected chi connectivity index (χ3v) is 4.10. The highest BCUT2D eigenvalue weighted by Gasteiger charge is 2.46. The number of hydrogen-bond acceptors (Lipinski definition) is 5. The van der Waals surface area contributed by atoms with Crippen molar-refractivity contribution < 1.29 is 24.3 Å². The second-order valence-corrected chi connectivity index (χ2v) is 6.56. The Hall–Kier alpha value is -2.13. The predicted octanol–water partition coefficient (Wildman–Crippen LogP) is 1.28. The van der Waals surface area contributed by atoms with Gasteiger partial charge >= 0.3 is 6.03 Å². The van der Waals surface area contributed by atoms with Crippen molar-refractivity contribution in [3.8, 4) is 5.75 Å². The molecule has 1 aromatic carbocycles. The zero-order valence-corrected chi connectivity index (χ0v) is 14.7. The quantitative estimate of drug-likeness (QED) is 0.379. The van der Waals surface area contributed by atoms with Crippen molar-refractivity contribution in [3.63, 3.8) is 0 Å². The van der Waals surface area contributed by atoms with Crippen LogP contribution in [0.15, 0.2) is 28.7 Å². The average molecular weight is 400 g/mol. The SMILES string of the molecule is CC(C)[C@H](C(=O)NO)N1C(=O)NC(COc2ccc(Br)cc2)C1=O. The summed E-state index contributed by atoms with van der Waals surface area (Å²) < 4.78 is 6.40. The minimum Gasteiger partial charge on any atom is -0.491 e. The summed E-state index contributed by atoms with van der Waals surface area (Å²) in [5.41, 5.74) is 1.49. The van der Waals surface area contributed by atoms with Gasteiger partial charge in [-0.05, 0) is 30.2 Å². The summed E-state index contributed by atoms with van der Waals surface area (Å²) in [4.78, 5) is 37.1. The monoisotopic (exact) mass is 399 g/mol. The number of nitrogens with zero attached hydrogens (tertiary/aromatic N) is 1. The smallest absolute Gasteiger partial charge is 0.325 e. The molecule has 1 aromatic rings. The number of urea groups is 1. The van der Waals surface area contributed by atoms with Crippen molar-refractivity contribution in [2.24, 2.45) is 5.92 Å². The van der Waals surface area contributed by atoms with Crippen molar-refractivity contribution in [2.45, 2.75) is 25.9 Å². The number of amides is 4. The van der Waals surface area contributed by atoms with Gasteiger partial charge in [-0.15, -0.1) is 0 Å². The van der Waals surface area contributed by atoms with Crippen LogP contribution in [-0.2, 0) is 9.59 Å². The normalized spacial score (nSPS) is 18.5. The molecule has 130 valence electrons. The van der Waals surface area contributed by atoms with Gasteiger partial charge < -0.3 is 10.1 Å². The molecule has 24 heavy (non-hydrogen) atoms. The van der Waals surface area contributed by atoms with Crippen molar-refractivity contribution >= 4 is 33.8 Å². The number of hydroxylamine groups is 1. The fourth-order valence-corrected chi connectivity index (χ4v) is 2.68. The molecule has 1 saturated heterocycles. The number of ether oxygens (including phenoxy) is 1. The number of halogens is 1. The minimum atomic E-state index is -1.10. The van der Waals surface area contributed by atoms with Crippen molar-refractivity contribution in [1.29, 1.82) is 0 Å². The first-order valence-electron chi connectivity index (χ1n) is 7.31. The first-order valence-corrected chi connectivity index (χ1v) is 8.10. The van der Waals surface area contributed by atoms with Crippen LogP contribution in [0.5, 0.6) is 5.75 Å². The molecule has 0 aliphatic carbocycles. The van der Waals surface area contributed by atoms with E-state index in [0.717, 1.165) is 9.37 Å². The fraction of sp³-hybridized carbons (Fsp3) is 0.400. The van der Waals surface area contributed by atoms with E-state index in [1.165, 1.54) is 5.48 Å². The second-order valence-electron chi connectivity index (χ2n) is 5.64. The highest BCUT2D eigenvalue weighted by Crippen LogP contribution is 2.20. The zero-order valence-electron chi connectivity index (χ0n) is 13.2. The molecule has 0 spiro atoms. The molecule has 0 saturated carbocycles. The molecule has 2 atom stereocenters. The minimum absolute atomic E-state index is 0.0612. The van der Waals surface area contributed by atoms with Crippen LogP contribution >= 0.6 is 15.9 Å². The molecule has 4 amide bonds. The van der Waals surface area contributed by atoms with Crippen molar-refractivity contribution in [3.05, 3.63) is 28.7 Å². The third-order valence-electron chi connectivity index (χ3n) is 3.57. The van der Waals surface area contributed by atoms with Gasteiger partial charge in [0.05, 0.1) is 0 Å². The lowest BCUT2D eigenvalue weighted by Crippen LogP contribution is -2.52. The first-order chi connectivity index (χ1) is 11.3. The number of imide groups is 1. The maximum atomic E-state index is 12.5. The summed E-state index contributed by atoms with van der Waals surface area (Å²) in [6, 6.07) is 4.34. The van der Waals surface area contributed by atoms with Crippen LogP contribution in [0.1, 0.15) is 13.8 Å². The molecule has 1 unspecified atom stereocenters. The summed E-state index contributed by atoms with van der Waals surface area (Å²) in [6.07, 6.45) is 0. The molecular weight excluding hydrogens is 382 g/mol. The molecule has 1 fully saturated rings. The molecule has 0 radical (unpaired) electrons. The molecule has 1 aliphatic rings. The largest absolute Gasteiger partial charge is 0.491 e. The Morgan fingerprint density at radius 3 is 2.54 bits per heavy atom. The number of carbonyl (C=O) groups excluding carboxylic acids is 3. The van der Waals surface area contributed by atoms with Crippen molar-refractivity contribution in [1.82, 2.24) is 15.7 Å². The van der Waals surface area contributed by atoms with Crippen LogP contribution in [0.3, 0.4) is 0 Å². The fourth-order valence-electron chi connectivity index (χ4n) is 2.42. The van der Waals surface area contributed by atoms with Crippen molar-refractivity contribution in [2.75, 3.05) is 6.61 Å². The summed E-state index contributed by atoms with van der Waals surface area (Å²) in [6.45, 7) is 3.28. The molecule has 3 N–H and O–H groups in total. The maximum Gasteiger partial charge on any atom is 0.325 e. The van der Waals surface area contributed by atoms with Gasteiger partial charge in [0.15, 0.2) is 0 Å². The van der Waals surface area contributed by atoms with Gasteiger partial charge in [-0.25, -0.2) is 15.2 Å². The standard InChI is InChI=1S/C15H18BrN3O5/c1-8(2)12(13(20)18-23)19-14(21)11(17-15(19)22)7-24-10-5-3-9(16)4-6-10/h3-6,8,11-12,23H,7H2,1-2H3,(H,17,22)(H,18,20)/t11?,12-/m1/s1. The third kappa shape index (κ3) is 3.85. The topological polar surface area (TPSA) is 108 Å². The molecule has 2 rings (SSSR count). The Bertz CT molecular complexity index is 635. The Balaban J connectivity index is 2.07. The zero-order chi connectivity index (χ0) is 17.9. The average Bonchev–Trinajstić information content (AvgIpc) is 2.82. The molecule has 0 bridgehead atoms. The molecule has 8 nitrogen and oxygen atoms in total. The molecular formula is C15H18BrN3O5. The molecule has 0 aromatic heterocycles. The van der Waals surface area contributed by atoms with Crippen LogP contribution in [0.4, 0.5) is 4.79 Å². The highest BCUT2D eigenvalue weighted by molar-refractivity contribution is 9.10. The molecule has 1 heterocycles. The van der Waals surface area contributed by atoms with Gasteiger partial charge in [0, 0.05) is 4.47 Å². The lowest BCUT2D eigenvalue weighted by atomic mass is 10.0. The number of rotatable bonds is 6. The van der Waals surface area contributed by atoms with Crippen LogP contribution in [0, 0.1) is 5.92 Å². The Kier molecular flexibility index (Phi) is 5.79. The Labute approximate surface area is 147 Å². The van der Waals surface area contributed by atoms with E-state index in [1.54, 1.807) is 38.1 Å². The van der Waals surface area contributed by atoms with Gasteiger partial charge in [-0.3, -0.25) is 14.8 Å². The van der Waals surface area contributed by atoms with Crippen LogP contribution in [0.2, 0.25) is 0 Å². The van der Waals surface area contributed by atoms with Gasteiger partial charge in [0.25, 0.3) is 11.8 Å². The Morgan fingerprint density at radius 2 is 2.00 bits per heavy atom. The van der Waals surface area contributed by atoms with E-state index in [4.69, 9.17) is 9.94 Å². The first kappa shape index (κ1) is 18.2. The summed E-state index contributed by atoms with van der Waals surface area (Å²) in [5, 5.41) is 11.3. The highest BCUT2D eigenvalue weighted by atomic mass is 79.9. The van der Waals surface area contributed by atoms with Gasteiger partial charge in [0.2, 0.25) is 0 Å². The van der Waals surface area contributed by atoms with E-state index in [-0.39, 0.29) is 12.5 Å². The van der Waals surface area contributed by atoms with Crippen LogP contribution in [0.25, 0.3) is 0 Å². The predicted molar refractivity (Wildman–Crippen MR) is 87.4 cm³/mol. The van der Waals surface area contributed by atoms with Crippen LogP contribution < -0.4 is 15.5 Å². The number of benzene rings is 1. The lowest BCUT2D eigenvalue weighted by molar-refractivity contribution is -0.142. The lowest BCUT2D eigenvalue weighted by Gasteiger charge is -2.26. The summed E-state index contributed by atoms with van der Waals surface area (Å²) in [5.74, 6) is -1.20. The van der Waals surface area contributed by atoms with E-state index < -0.39 is 29.9 Å². The van der Waals surface area contributed by atoms with Gasteiger partial charge in [-0.1, -0.05) is 29.8 Å². The summed E-state index contributed by atoms with van der Waals surface area (Å²) in [7, 11) is 0. The molecule has 1 aliphatic heterocycles. The van der Waals surface area contributed by atoms with Crippen LogP contribution in [-0.4, -0.2) is 46.6 Å². The van der Waals surface area contributed by atoms with Gasteiger partial charge in [0.1, 0.15) is 24.4 Å². The maximum absolute atomic E-state index is 12.5. The number of hydrogen-bond donors (Lipinski definition) is 3. The second kappa shape index (κ2) is 7.63. The van der Waals surface area contributed by atoms with E-state index in [9.17, 15) is 14.4 Å². The summed E-state index contributed by atoms with van der Waals surface area (Å²) >= 11 is 3.31. The van der Waals surface area contributed by atoms with Gasteiger partial charge in [-0.2, -0.15) is 0 Å². The van der Waals surface area contributed by atoms with E-state index >= 15 is 0 Å². The van der Waals surface area contributed by atoms with E-state index in [1.807, 2.05) is 0 Å². The van der Waals surface area contributed by atoms with E-state index in [0.29, 0.717) is 5.75 Å². The number of carbonyl (C=O) groups is 3. The van der Waals surface area contributed by atoms with E-state index in [2.05, 4.69) is 21.2 Å². The molecule has 9 heteroatoms.